The van der Waals surface area contributed by atoms with Crippen molar-refractivity contribution < 1.29 is 19.0 Å². The van der Waals surface area contributed by atoms with Crippen LogP contribution in [-0.4, -0.2) is 62.9 Å². The molecule has 0 aromatic heterocycles. The molecule has 2 amide bonds. The highest BCUT2D eigenvalue weighted by Crippen LogP contribution is 2.40. The molecule has 2 aliphatic rings. The minimum Gasteiger partial charge on any atom is -0.493 e. The number of carbonyl (C=O) groups is 1. The molecule has 0 bridgehead atoms. The van der Waals surface area contributed by atoms with Gasteiger partial charge in [-0.3, -0.25) is 0 Å². The highest BCUT2D eigenvalue weighted by Gasteiger charge is 2.35. The second kappa shape index (κ2) is 8.16. The Kier molecular flexibility index (Phi) is 5.91. The summed E-state index contributed by atoms with van der Waals surface area (Å²) in [5.41, 5.74) is 2.43. The average Bonchev–Trinajstić information content (AvgIpc) is 2.67. The lowest BCUT2D eigenvalue weighted by molar-refractivity contribution is 0.0368. The third kappa shape index (κ3) is 3.75. The van der Waals surface area contributed by atoms with Crippen LogP contribution in [0, 0.1) is 5.92 Å². The Hall–Kier alpha value is -1.95. The lowest BCUT2D eigenvalue weighted by Gasteiger charge is -2.42. The maximum absolute atomic E-state index is 13.2. The molecular formula is C20H30N2O4. The Morgan fingerprint density at radius 1 is 1.15 bits per heavy atom. The Morgan fingerprint density at radius 3 is 2.42 bits per heavy atom. The first-order valence-electron chi connectivity index (χ1n) is 9.43. The number of morpholine rings is 1. The van der Waals surface area contributed by atoms with E-state index in [1.54, 1.807) is 14.2 Å². The topological polar surface area (TPSA) is 51.2 Å². The Morgan fingerprint density at radius 2 is 1.81 bits per heavy atom. The number of benzene rings is 1. The average molecular weight is 362 g/mol. The van der Waals surface area contributed by atoms with E-state index in [2.05, 4.69) is 26.0 Å². The summed E-state index contributed by atoms with van der Waals surface area (Å²) < 4.78 is 16.4. The van der Waals surface area contributed by atoms with E-state index < -0.39 is 0 Å². The van der Waals surface area contributed by atoms with Crippen LogP contribution in [0.1, 0.15) is 37.4 Å². The first-order chi connectivity index (χ1) is 12.5. The first kappa shape index (κ1) is 18.8. The van der Waals surface area contributed by atoms with Gasteiger partial charge in [0.1, 0.15) is 0 Å². The van der Waals surface area contributed by atoms with Crippen molar-refractivity contribution in [2.45, 2.75) is 32.7 Å². The number of fused-ring (bicyclic) bond motifs is 1. The molecule has 6 heteroatoms. The summed E-state index contributed by atoms with van der Waals surface area (Å²) in [6, 6.07) is 4.31. The summed E-state index contributed by atoms with van der Waals surface area (Å²) in [6.45, 7) is 7.71. The molecule has 1 saturated heterocycles. The van der Waals surface area contributed by atoms with Crippen LogP contribution in [0.15, 0.2) is 12.1 Å². The molecule has 2 aliphatic heterocycles. The number of carbonyl (C=O) groups excluding carboxylic acids is 1. The molecule has 0 aliphatic carbocycles. The minimum atomic E-state index is 0.0638. The number of hydrogen-bond acceptors (Lipinski definition) is 4. The zero-order chi connectivity index (χ0) is 18.7. The molecule has 2 heterocycles. The summed E-state index contributed by atoms with van der Waals surface area (Å²) in [5, 5.41) is 0. The second-order valence-electron chi connectivity index (χ2n) is 7.38. The molecule has 1 fully saturated rings. The van der Waals surface area contributed by atoms with E-state index in [0.29, 0.717) is 32.2 Å². The van der Waals surface area contributed by atoms with Crippen molar-refractivity contribution in [2.24, 2.45) is 5.92 Å². The third-order valence-corrected chi connectivity index (χ3v) is 5.22. The number of hydrogen-bond donors (Lipinski definition) is 0. The van der Waals surface area contributed by atoms with Crippen LogP contribution in [0.5, 0.6) is 11.5 Å². The summed E-state index contributed by atoms with van der Waals surface area (Å²) >= 11 is 0. The zero-order valence-electron chi connectivity index (χ0n) is 16.3. The van der Waals surface area contributed by atoms with Crippen LogP contribution in [0.4, 0.5) is 4.79 Å². The Bertz CT molecular complexity index is 641. The SMILES string of the molecule is COc1cc2c(cc1OC)C(CC(C)C)N(C(=O)N1CCOCC1)CC2. The van der Waals surface area contributed by atoms with Crippen LogP contribution in [0.3, 0.4) is 0 Å². The third-order valence-electron chi connectivity index (χ3n) is 5.22. The molecule has 1 aromatic carbocycles. The van der Waals surface area contributed by atoms with Crippen molar-refractivity contribution in [3.05, 3.63) is 23.3 Å². The van der Waals surface area contributed by atoms with Crippen molar-refractivity contribution in [2.75, 3.05) is 47.1 Å². The Balaban J connectivity index is 1.94. The van der Waals surface area contributed by atoms with Gasteiger partial charge in [0.25, 0.3) is 0 Å². The number of urea groups is 1. The molecule has 26 heavy (non-hydrogen) atoms. The zero-order valence-corrected chi connectivity index (χ0v) is 16.3. The van der Waals surface area contributed by atoms with E-state index in [9.17, 15) is 4.79 Å². The number of nitrogens with zero attached hydrogens (tertiary/aromatic N) is 2. The maximum atomic E-state index is 13.2. The van der Waals surface area contributed by atoms with Gasteiger partial charge in [0.2, 0.25) is 0 Å². The molecule has 1 aromatic rings. The molecule has 0 radical (unpaired) electrons. The molecular weight excluding hydrogens is 332 g/mol. The van der Waals surface area contributed by atoms with Gasteiger partial charge in [-0.1, -0.05) is 13.8 Å². The fourth-order valence-corrected chi connectivity index (χ4v) is 3.89. The predicted molar refractivity (Wildman–Crippen MR) is 99.9 cm³/mol. The van der Waals surface area contributed by atoms with E-state index in [1.165, 1.54) is 11.1 Å². The van der Waals surface area contributed by atoms with Crippen LogP contribution >= 0.6 is 0 Å². The normalized spacial score (nSPS) is 20.1. The second-order valence-corrected chi connectivity index (χ2v) is 7.38. The van der Waals surface area contributed by atoms with Gasteiger partial charge in [-0.25, -0.2) is 4.79 Å². The quantitative estimate of drug-likeness (QED) is 0.826. The summed E-state index contributed by atoms with van der Waals surface area (Å²) in [4.78, 5) is 17.1. The fourth-order valence-electron chi connectivity index (χ4n) is 3.89. The van der Waals surface area contributed by atoms with Gasteiger partial charge in [-0.15, -0.1) is 0 Å². The van der Waals surface area contributed by atoms with Gasteiger partial charge in [0.05, 0.1) is 33.5 Å². The molecule has 0 N–H and O–H groups in total. The van der Waals surface area contributed by atoms with Crippen molar-refractivity contribution in [1.82, 2.24) is 9.80 Å². The van der Waals surface area contributed by atoms with Gasteiger partial charge in [0, 0.05) is 19.6 Å². The number of amides is 2. The minimum absolute atomic E-state index is 0.0638. The van der Waals surface area contributed by atoms with Crippen LogP contribution in [-0.2, 0) is 11.2 Å². The lowest BCUT2D eigenvalue weighted by Crippen LogP contribution is -2.51. The summed E-state index contributed by atoms with van der Waals surface area (Å²) in [7, 11) is 3.31. The van der Waals surface area contributed by atoms with Crippen molar-refractivity contribution in [3.8, 4) is 11.5 Å². The van der Waals surface area contributed by atoms with Gasteiger partial charge in [-0.2, -0.15) is 0 Å². The predicted octanol–water partition coefficient (Wildman–Crippen LogP) is 3.10. The van der Waals surface area contributed by atoms with Crippen molar-refractivity contribution in [3.63, 3.8) is 0 Å². The lowest BCUT2D eigenvalue weighted by atomic mass is 9.87. The molecule has 6 nitrogen and oxygen atoms in total. The van der Waals surface area contributed by atoms with Gasteiger partial charge in [0.15, 0.2) is 11.5 Å². The summed E-state index contributed by atoms with van der Waals surface area (Å²) in [6.07, 6.45) is 1.76. The van der Waals surface area contributed by atoms with E-state index in [-0.39, 0.29) is 12.1 Å². The van der Waals surface area contributed by atoms with E-state index in [4.69, 9.17) is 14.2 Å². The fraction of sp³-hybridized carbons (Fsp3) is 0.650. The number of ether oxygens (including phenoxy) is 3. The largest absolute Gasteiger partial charge is 0.493 e. The van der Waals surface area contributed by atoms with E-state index in [0.717, 1.165) is 30.9 Å². The number of methoxy groups -OCH3 is 2. The van der Waals surface area contributed by atoms with E-state index in [1.807, 2.05) is 9.80 Å². The van der Waals surface area contributed by atoms with Crippen LogP contribution in [0.25, 0.3) is 0 Å². The highest BCUT2D eigenvalue weighted by atomic mass is 16.5. The molecule has 3 rings (SSSR count). The van der Waals surface area contributed by atoms with Crippen LogP contribution < -0.4 is 9.47 Å². The molecule has 0 spiro atoms. The summed E-state index contributed by atoms with van der Waals surface area (Å²) in [5.74, 6) is 1.96. The molecule has 144 valence electrons. The standard InChI is InChI=1S/C20H30N2O4/c1-14(2)11-17-16-13-19(25-4)18(24-3)12-15(16)5-6-22(17)20(23)21-7-9-26-10-8-21/h12-14,17H,5-11H2,1-4H3. The maximum Gasteiger partial charge on any atom is 0.320 e. The van der Waals surface area contributed by atoms with Gasteiger partial charge >= 0.3 is 6.03 Å². The van der Waals surface area contributed by atoms with Crippen molar-refractivity contribution in [1.29, 1.82) is 0 Å². The Labute approximate surface area is 156 Å². The van der Waals surface area contributed by atoms with Crippen molar-refractivity contribution >= 4 is 6.03 Å². The van der Waals surface area contributed by atoms with E-state index >= 15 is 0 Å². The van der Waals surface area contributed by atoms with Gasteiger partial charge < -0.3 is 24.0 Å². The highest BCUT2D eigenvalue weighted by molar-refractivity contribution is 5.76. The van der Waals surface area contributed by atoms with Gasteiger partial charge in [-0.05, 0) is 42.0 Å². The molecule has 1 unspecified atom stereocenters. The monoisotopic (exact) mass is 362 g/mol. The van der Waals surface area contributed by atoms with Crippen LogP contribution in [0.2, 0.25) is 0 Å². The first-order valence-corrected chi connectivity index (χ1v) is 9.43. The molecule has 1 atom stereocenters. The number of rotatable bonds is 4. The smallest absolute Gasteiger partial charge is 0.320 e. The molecule has 0 saturated carbocycles.